The van der Waals surface area contributed by atoms with Gasteiger partial charge in [0, 0.05) is 23.8 Å². The van der Waals surface area contributed by atoms with Crippen molar-refractivity contribution < 1.29 is 13.5 Å². The third kappa shape index (κ3) is 3.09. The number of benzene rings is 1. The number of aliphatic hydroxyl groups excluding tert-OH is 1. The Bertz CT molecular complexity index is 692. The molecule has 2 aromatic rings. The van der Waals surface area contributed by atoms with Gasteiger partial charge in [-0.1, -0.05) is 24.3 Å². The van der Waals surface area contributed by atoms with Crippen LogP contribution in [0.2, 0.25) is 0 Å². The molecule has 0 saturated carbocycles. The van der Waals surface area contributed by atoms with Crippen molar-refractivity contribution in [2.45, 2.75) is 25.0 Å². The van der Waals surface area contributed by atoms with Gasteiger partial charge in [0.2, 0.25) is 10.0 Å². The second-order valence-electron chi connectivity index (χ2n) is 4.59. The first kappa shape index (κ1) is 15.2. The minimum Gasteiger partial charge on any atom is -0.391 e. The van der Waals surface area contributed by atoms with Crippen molar-refractivity contribution in [1.82, 2.24) is 4.31 Å². The van der Waals surface area contributed by atoms with Crippen LogP contribution in [-0.4, -0.2) is 24.9 Å². The van der Waals surface area contributed by atoms with E-state index in [1.54, 1.807) is 12.4 Å². The van der Waals surface area contributed by atoms with Crippen molar-refractivity contribution in [3.8, 4) is 0 Å². The summed E-state index contributed by atoms with van der Waals surface area (Å²) in [6, 6.07) is 9.24. The number of hydrogen-bond acceptors (Lipinski definition) is 4. The van der Waals surface area contributed by atoms with Gasteiger partial charge in [-0.3, -0.25) is 0 Å². The van der Waals surface area contributed by atoms with E-state index in [2.05, 4.69) is 0 Å². The highest BCUT2D eigenvalue weighted by molar-refractivity contribution is 7.89. The molecule has 0 radical (unpaired) electrons. The molecule has 1 heterocycles. The van der Waals surface area contributed by atoms with Gasteiger partial charge in [-0.15, -0.1) is 11.3 Å². The van der Waals surface area contributed by atoms with Gasteiger partial charge in [0.15, 0.2) is 0 Å². The zero-order valence-corrected chi connectivity index (χ0v) is 13.0. The Balaban J connectivity index is 2.23. The predicted molar refractivity (Wildman–Crippen MR) is 80.1 cm³/mol. The molecule has 20 heavy (non-hydrogen) atoms. The van der Waals surface area contributed by atoms with Crippen LogP contribution in [0.5, 0.6) is 0 Å². The fraction of sp³-hybridized carbons (Fsp3) is 0.286. The Hall–Kier alpha value is -1.21. The van der Waals surface area contributed by atoms with Crippen LogP contribution in [0, 0.1) is 6.92 Å². The second-order valence-corrected chi connectivity index (χ2v) is 7.64. The summed E-state index contributed by atoms with van der Waals surface area (Å²) in [5.74, 6) is 0. The first-order valence-electron chi connectivity index (χ1n) is 6.14. The normalized spacial score (nSPS) is 12.0. The third-order valence-corrected chi connectivity index (χ3v) is 6.00. The molecule has 2 rings (SSSR count). The lowest BCUT2D eigenvalue weighted by atomic mass is 10.1. The van der Waals surface area contributed by atoms with Crippen molar-refractivity contribution >= 4 is 21.4 Å². The summed E-state index contributed by atoms with van der Waals surface area (Å²) in [6.45, 7) is 2.16. The van der Waals surface area contributed by atoms with Crippen molar-refractivity contribution in [3.05, 3.63) is 51.7 Å². The number of hydrogen-bond donors (Lipinski definition) is 1. The van der Waals surface area contributed by atoms with Crippen molar-refractivity contribution in [1.29, 1.82) is 0 Å². The molecule has 0 fully saturated rings. The minimum atomic E-state index is -3.51. The maximum absolute atomic E-state index is 12.4. The van der Waals surface area contributed by atoms with Gasteiger partial charge >= 0.3 is 0 Å². The lowest BCUT2D eigenvalue weighted by Crippen LogP contribution is -2.26. The molecule has 6 heteroatoms. The fourth-order valence-corrected chi connectivity index (χ4v) is 4.14. The molecule has 1 aromatic heterocycles. The van der Waals surface area contributed by atoms with Gasteiger partial charge in [0.1, 0.15) is 0 Å². The summed E-state index contributed by atoms with van der Waals surface area (Å²) < 4.78 is 26.2. The summed E-state index contributed by atoms with van der Waals surface area (Å²) in [7, 11) is -1.94. The maximum Gasteiger partial charge on any atom is 0.243 e. The predicted octanol–water partition coefficient (Wildman–Crippen LogP) is 2.37. The van der Waals surface area contributed by atoms with E-state index in [4.69, 9.17) is 5.11 Å². The topological polar surface area (TPSA) is 57.6 Å². The van der Waals surface area contributed by atoms with Crippen molar-refractivity contribution in [2.75, 3.05) is 7.05 Å². The standard InChI is InChI=1S/C14H17NO3S2/c1-11-5-3-4-6-12(11)8-15(2)20(17,18)14-7-13(9-16)19-10-14/h3-7,10,16H,8-9H2,1-2H3. The van der Waals surface area contributed by atoms with E-state index in [-0.39, 0.29) is 11.5 Å². The van der Waals surface area contributed by atoms with Gasteiger partial charge in [-0.2, -0.15) is 4.31 Å². The Morgan fingerprint density at radius 1 is 1.30 bits per heavy atom. The fourth-order valence-electron chi connectivity index (χ4n) is 1.87. The molecular formula is C14H17NO3S2. The summed E-state index contributed by atoms with van der Waals surface area (Å²) in [5, 5.41) is 10.6. The van der Waals surface area contributed by atoms with E-state index in [1.807, 2.05) is 31.2 Å². The molecular weight excluding hydrogens is 294 g/mol. The second kappa shape index (κ2) is 6.05. The van der Waals surface area contributed by atoms with Crippen LogP contribution in [0.4, 0.5) is 0 Å². The molecule has 0 spiro atoms. The Kier molecular flexibility index (Phi) is 4.59. The van der Waals surface area contributed by atoms with Crippen LogP contribution in [-0.2, 0) is 23.2 Å². The smallest absolute Gasteiger partial charge is 0.243 e. The lowest BCUT2D eigenvalue weighted by Gasteiger charge is -2.17. The van der Waals surface area contributed by atoms with Gasteiger partial charge in [-0.25, -0.2) is 8.42 Å². The van der Waals surface area contributed by atoms with E-state index < -0.39 is 10.0 Å². The number of rotatable bonds is 5. The quantitative estimate of drug-likeness (QED) is 0.922. The van der Waals surface area contributed by atoms with E-state index in [1.165, 1.54) is 21.7 Å². The van der Waals surface area contributed by atoms with Crippen LogP contribution in [0.3, 0.4) is 0 Å². The zero-order chi connectivity index (χ0) is 14.8. The molecule has 0 bridgehead atoms. The SMILES string of the molecule is Cc1ccccc1CN(C)S(=O)(=O)c1csc(CO)c1. The number of aliphatic hydroxyl groups is 1. The van der Waals surface area contributed by atoms with Crippen LogP contribution >= 0.6 is 11.3 Å². The molecule has 0 amide bonds. The first-order chi connectivity index (χ1) is 9.45. The summed E-state index contributed by atoms with van der Waals surface area (Å²) in [5.41, 5.74) is 2.05. The van der Waals surface area contributed by atoms with Gasteiger partial charge in [0.25, 0.3) is 0 Å². The Morgan fingerprint density at radius 2 is 2.00 bits per heavy atom. The zero-order valence-electron chi connectivity index (χ0n) is 11.4. The molecule has 1 aromatic carbocycles. The minimum absolute atomic E-state index is 0.137. The molecule has 0 unspecified atom stereocenters. The monoisotopic (exact) mass is 311 g/mol. The van der Waals surface area contributed by atoms with Gasteiger partial charge in [0.05, 0.1) is 11.5 Å². The Morgan fingerprint density at radius 3 is 2.60 bits per heavy atom. The summed E-state index contributed by atoms with van der Waals surface area (Å²) >= 11 is 1.25. The molecule has 1 N–H and O–H groups in total. The largest absolute Gasteiger partial charge is 0.391 e. The van der Waals surface area contributed by atoms with E-state index in [0.29, 0.717) is 11.4 Å². The average Bonchev–Trinajstić information content (AvgIpc) is 2.90. The average molecular weight is 311 g/mol. The van der Waals surface area contributed by atoms with Crippen LogP contribution in [0.15, 0.2) is 40.6 Å². The van der Waals surface area contributed by atoms with E-state index in [0.717, 1.165) is 11.1 Å². The van der Waals surface area contributed by atoms with E-state index >= 15 is 0 Å². The molecule has 108 valence electrons. The maximum atomic E-state index is 12.4. The molecule has 0 aliphatic heterocycles. The summed E-state index contributed by atoms with van der Waals surface area (Å²) in [4.78, 5) is 0.885. The first-order valence-corrected chi connectivity index (χ1v) is 8.46. The highest BCUT2D eigenvalue weighted by Crippen LogP contribution is 2.23. The highest BCUT2D eigenvalue weighted by Gasteiger charge is 2.22. The molecule has 0 atom stereocenters. The molecule has 4 nitrogen and oxygen atoms in total. The Labute approximate surface area is 123 Å². The molecule has 0 aliphatic rings. The molecule has 0 saturated heterocycles. The highest BCUT2D eigenvalue weighted by atomic mass is 32.2. The van der Waals surface area contributed by atoms with Gasteiger partial charge < -0.3 is 5.11 Å². The van der Waals surface area contributed by atoms with Crippen molar-refractivity contribution in [2.24, 2.45) is 0 Å². The summed E-state index contributed by atoms with van der Waals surface area (Å²) in [6.07, 6.45) is 0. The van der Waals surface area contributed by atoms with Crippen LogP contribution < -0.4 is 0 Å². The molecule has 0 aliphatic carbocycles. The number of thiophene rings is 1. The third-order valence-electron chi connectivity index (χ3n) is 3.15. The lowest BCUT2D eigenvalue weighted by molar-refractivity contribution is 0.285. The van der Waals surface area contributed by atoms with Gasteiger partial charge in [-0.05, 0) is 24.1 Å². The number of aryl methyl sites for hydroxylation is 1. The number of nitrogens with zero attached hydrogens (tertiary/aromatic N) is 1. The van der Waals surface area contributed by atoms with Crippen LogP contribution in [0.25, 0.3) is 0 Å². The van der Waals surface area contributed by atoms with Crippen molar-refractivity contribution in [3.63, 3.8) is 0 Å². The van der Waals surface area contributed by atoms with E-state index in [9.17, 15) is 8.42 Å². The number of sulfonamides is 1. The van der Waals surface area contributed by atoms with Crippen LogP contribution in [0.1, 0.15) is 16.0 Å².